The average molecular weight is 345 g/mol. The van der Waals surface area contributed by atoms with Crippen LogP contribution < -0.4 is 4.74 Å². The standard InChI is InChI=1S/C17H23F2O3S/c1-17(2,3)16(23-7-5-22-6-8-23)15(20)14-12(18)9-11(21-4)10-13(14)19/h9-10,16H,5-8H2,1-4H3/q+1. The number of carbonyl (C=O) groups is 1. The largest absolute Gasteiger partial charge is 0.497 e. The Morgan fingerprint density at radius 3 is 2.17 bits per heavy atom. The number of carbonyl (C=O) groups excluding carboxylic acids is 1. The van der Waals surface area contributed by atoms with Crippen LogP contribution in [0.15, 0.2) is 12.1 Å². The van der Waals surface area contributed by atoms with Gasteiger partial charge in [0.15, 0.2) is 5.25 Å². The maximum Gasteiger partial charge on any atom is 0.221 e. The smallest absolute Gasteiger partial charge is 0.221 e. The van der Waals surface area contributed by atoms with E-state index in [1.807, 2.05) is 20.8 Å². The lowest BCUT2D eigenvalue weighted by atomic mass is 9.86. The van der Waals surface area contributed by atoms with Crippen molar-refractivity contribution in [2.75, 3.05) is 31.8 Å². The zero-order valence-corrected chi connectivity index (χ0v) is 14.8. The Kier molecular flexibility index (Phi) is 5.68. The molecule has 1 unspecified atom stereocenters. The molecule has 1 atom stereocenters. The molecular weight excluding hydrogens is 322 g/mol. The monoisotopic (exact) mass is 345 g/mol. The third-order valence-corrected chi connectivity index (χ3v) is 6.81. The Bertz CT molecular complexity index is 555. The molecule has 0 aliphatic carbocycles. The summed E-state index contributed by atoms with van der Waals surface area (Å²) in [5.74, 6) is -0.603. The lowest BCUT2D eigenvalue weighted by Crippen LogP contribution is -2.47. The van der Waals surface area contributed by atoms with Gasteiger partial charge in [-0.1, -0.05) is 20.8 Å². The van der Waals surface area contributed by atoms with E-state index in [0.29, 0.717) is 13.2 Å². The van der Waals surface area contributed by atoms with Crippen LogP contribution in [0.1, 0.15) is 31.1 Å². The highest BCUT2D eigenvalue weighted by molar-refractivity contribution is 7.98. The SMILES string of the molecule is COc1cc(F)c(C(=O)C([S+]2CCOCC2)C(C)(C)C)c(F)c1. The number of benzene rings is 1. The molecule has 3 nitrogen and oxygen atoms in total. The van der Waals surface area contributed by atoms with Crippen LogP contribution in [0, 0.1) is 17.0 Å². The molecule has 1 aliphatic rings. The fourth-order valence-corrected chi connectivity index (χ4v) is 5.61. The van der Waals surface area contributed by atoms with Gasteiger partial charge in [0.2, 0.25) is 5.78 Å². The summed E-state index contributed by atoms with van der Waals surface area (Å²) in [4.78, 5) is 13.0. The first-order chi connectivity index (χ1) is 10.8. The maximum atomic E-state index is 14.3. The Hall–Kier alpha value is -1.14. The molecule has 0 amide bonds. The van der Waals surface area contributed by atoms with Gasteiger partial charge < -0.3 is 9.47 Å². The Morgan fingerprint density at radius 1 is 1.22 bits per heavy atom. The Labute approximate surface area is 138 Å². The van der Waals surface area contributed by atoms with E-state index in [0.717, 1.165) is 23.6 Å². The minimum absolute atomic E-state index is 0.0670. The molecule has 1 heterocycles. The van der Waals surface area contributed by atoms with Crippen molar-refractivity contribution in [2.24, 2.45) is 5.41 Å². The van der Waals surface area contributed by atoms with Gasteiger partial charge in [0, 0.05) is 28.4 Å². The van der Waals surface area contributed by atoms with Crippen molar-refractivity contribution < 1.29 is 23.0 Å². The molecule has 0 saturated carbocycles. The first-order valence-corrected chi connectivity index (χ1v) is 9.19. The molecule has 1 aromatic carbocycles. The van der Waals surface area contributed by atoms with E-state index in [-0.39, 0.29) is 22.1 Å². The van der Waals surface area contributed by atoms with Crippen molar-refractivity contribution in [1.29, 1.82) is 0 Å². The third-order valence-electron chi connectivity index (χ3n) is 3.84. The van der Waals surface area contributed by atoms with E-state index < -0.39 is 28.2 Å². The topological polar surface area (TPSA) is 35.5 Å². The molecule has 0 aromatic heterocycles. The summed E-state index contributed by atoms with van der Waals surface area (Å²) in [7, 11) is 1.09. The molecule has 1 fully saturated rings. The number of rotatable bonds is 4. The van der Waals surface area contributed by atoms with Crippen LogP contribution >= 0.6 is 0 Å². The number of hydrogen-bond donors (Lipinski definition) is 0. The molecule has 0 radical (unpaired) electrons. The van der Waals surface area contributed by atoms with E-state index >= 15 is 0 Å². The molecule has 2 rings (SSSR count). The third kappa shape index (κ3) is 4.04. The van der Waals surface area contributed by atoms with Crippen LogP contribution in [0.4, 0.5) is 8.78 Å². The van der Waals surface area contributed by atoms with Crippen molar-refractivity contribution >= 4 is 16.7 Å². The van der Waals surface area contributed by atoms with Gasteiger partial charge in [0.25, 0.3) is 0 Å². The first kappa shape index (κ1) is 18.2. The van der Waals surface area contributed by atoms with Gasteiger partial charge in [-0.05, 0) is 0 Å². The van der Waals surface area contributed by atoms with Gasteiger partial charge in [0.1, 0.15) is 28.9 Å². The van der Waals surface area contributed by atoms with Gasteiger partial charge in [-0.15, -0.1) is 0 Å². The molecule has 6 heteroatoms. The fourth-order valence-electron chi connectivity index (χ4n) is 2.85. The van der Waals surface area contributed by atoms with E-state index in [2.05, 4.69) is 0 Å². The van der Waals surface area contributed by atoms with Gasteiger partial charge >= 0.3 is 0 Å². The van der Waals surface area contributed by atoms with E-state index in [1.165, 1.54) is 7.11 Å². The zero-order valence-electron chi connectivity index (χ0n) is 13.9. The lowest BCUT2D eigenvalue weighted by Gasteiger charge is -2.31. The molecule has 1 aromatic rings. The second-order valence-electron chi connectivity index (χ2n) is 6.63. The molecule has 0 spiro atoms. The van der Waals surface area contributed by atoms with Gasteiger partial charge in [-0.25, -0.2) is 8.78 Å². The van der Waals surface area contributed by atoms with Gasteiger partial charge in [-0.2, -0.15) is 0 Å². The molecule has 23 heavy (non-hydrogen) atoms. The van der Waals surface area contributed by atoms with Crippen LogP contribution in [0.5, 0.6) is 5.75 Å². The quantitative estimate of drug-likeness (QED) is 0.621. The molecule has 0 bridgehead atoms. The number of hydrogen-bond acceptors (Lipinski definition) is 3. The average Bonchev–Trinajstić information content (AvgIpc) is 2.46. The molecule has 0 N–H and O–H groups in total. The van der Waals surface area contributed by atoms with E-state index in [9.17, 15) is 13.6 Å². The van der Waals surface area contributed by atoms with Crippen molar-refractivity contribution in [2.45, 2.75) is 26.0 Å². The molecule has 128 valence electrons. The number of ketones is 1. The first-order valence-electron chi connectivity index (χ1n) is 7.57. The van der Waals surface area contributed by atoms with Crippen LogP contribution in [-0.4, -0.2) is 42.9 Å². The second kappa shape index (κ2) is 7.18. The second-order valence-corrected chi connectivity index (χ2v) is 9.00. The number of ether oxygens (including phenoxy) is 2. The fraction of sp³-hybridized carbons (Fsp3) is 0.588. The summed E-state index contributed by atoms with van der Waals surface area (Å²) in [5.41, 5.74) is -0.833. The number of Topliss-reactive ketones (excluding diaryl/α,β-unsaturated/α-hetero) is 1. The zero-order chi connectivity index (χ0) is 17.2. The maximum absolute atomic E-state index is 14.3. The normalized spacial score (nSPS) is 17.8. The minimum atomic E-state index is -0.863. The minimum Gasteiger partial charge on any atom is -0.497 e. The summed E-state index contributed by atoms with van der Waals surface area (Å²) >= 11 is 0. The Morgan fingerprint density at radius 2 is 1.74 bits per heavy atom. The summed E-state index contributed by atoms with van der Waals surface area (Å²) in [5, 5.41) is -0.427. The van der Waals surface area contributed by atoms with E-state index in [1.54, 1.807) is 0 Å². The van der Waals surface area contributed by atoms with Crippen LogP contribution in [0.25, 0.3) is 0 Å². The van der Waals surface area contributed by atoms with E-state index in [4.69, 9.17) is 9.47 Å². The van der Waals surface area contributed by atoms with Crippen molar-refractivity contribution in [3.8, 4) is 5.75 Å². The molecule has 1 saturated heterocycles. The molecular formula is C17H23F2O3S+. The van der Waals surface area contributed by atoms with Crippen LogP contribution in [0.3, 0.4) is 0 Å². The predicted octanol–water partition coefficient (Wildman–Crippen LogP) is 3.22. The lowest BCUT2D eigenvalue weighted by molar-refractivity contribution is 0.0937. The van der Waals surface area contributed by atoms with Gasteiger partial charge in [-0.3, -0.25) is 4.79 Å². The number of methoxy groups -OCH3 is 1. The summed E-state index contributed by atoms with van der Waals surface area (Å²) in [6.45, 7) is 7.01. The summed E-state index contributed by atoms with van der Waals surface area (Å²) in [6, 6.07) is 2.12. The van der Waals surface area contributed by atoms with Crippen LogP contribution in [0.2, 0.25) is 0 Å². The van der Waals surface area contributed by atoms with Crippen LogP contribution in [-0.2, 0) is 15.6 Å². The summed E-state index contributed by atoms with van der Waals surface area (Å²) in [6.07, 6.45) is 0. The highest BCUT2D eigenvalue weighted by atomic mass is 32.2. The highest BCUT2D eigenvalue weighted by Crippen LogP contribution is 2.33. The molecule has 1 aliphatic heterocycles. The number of halogens is 2. The van der Waals surface area contributed by atoms with Gasteiger partial charge in [0.05, 0.1) is 25.9 Å². The predicted molar refractivity (Wildman–Crippen MR) is 88.4 cm³/mol. The Balaban J connectivity index is 2.41. The van der Waals surface area contributed by atoms with Crippen molar-refractivity contribution in [1.82, 2.24) is 0 Å². The van der Waals surface area contributed by atoms with Crippen molar-refractivity contribution in [3.63, 3.8) is 0 Å². The van der Waals surface area contributed by atoms with Crippen molar-refractivity contribution in [3.05, 3.63) is 29.3 Å². The highest BCUT2D eigenvalue weighted by Gasteiger charge is 2.47. The summed E-state index contributed by atoms with van der Waals surface area (Å²) < 4.78 is 38.8.